The molecule has 0 spiro atoms. The zero-order chi connectivity index (χ0) is 14.9. The van der Waals surface area contributed by atoms with Gasteiger partial charge < -0.3 is 9.88 Å². The molecule has 7 heteroatoms. The van der Waals surface area contributed by atoms with Crippen LogP contribution >= 0.6 is 0 Å². The number of aromatic nitrogens is 3. The van der Waals surface area contributed by atoms with Gasteiger partial charge in [0.2, 0.25) is 5.82 Å². The van der Waals surface area contributed by atoms with Crippen LogP contribution in [-0.4, -0.2) is 28.5 Å². The maximum Gasteiger partial charge on any atom is 0.451 e. The number of alkyl halides is 3. The second-order valence-corrected chi connectivity index (χ2v) is 4.86. The van der Waals surface area contributed by atoms with Crippen LogP contribution in [0, 0.1) is 6.92 Å². The first-order valence-corrected chi connectivity index (χ1v) is 6.48. The van der Waals surface area contributed by atoms with Crippen LogP contribution in [-0.2, 0) is 6.18 Å². The number of fused-ring (bicyclic) bond motifs is 1. The van der Waals surface area contributed by atoms with Gasteiger partial charge in [0.05, 0.1) is 5.39 Å². The number of hydrogen-bond acceptors (Lipinski definition) is 3. The summed E-state index contributed by atoms with van der Waals surface area (Å²) in [5.74, 6) is -0.787. The topological polar surface area (TPSA) is 44.8 Å². The maximum atomic E-state index is 12.9. The summed E-state index contributed by atoms with van der Waals surface area (Å²) >= 11 is 0. The molecule has 0 saturated carbocycles. The van der Waals surface area contributed by atoms with E-state index in [0.29, 0.717) is 17.7 Å². The summed E-state index contributed by atoms with van der Waals surface area (Å²) in [7, 11) is 1.75. The van der Waals surface area contributed by atoms with Crippen molar-refractivity contribution in [3.63, 3.8) is 0 Å². The van der Waals surface area contributed by atoms with Crippen LogP contribution in [0.15, 0.2) is 6.07 Å². The molecule has 0 fully saturated rings. The zero-order valence-corrected chi connectivity index (χ0v) is 11.7. The van der Waals surface area contributed by atoms with Gasteiger partial charge in [-0.1, -0.05) is 13.3 Å². The summed E-state index contributed by atoms with van der Waals surface area (Å²) in [6.45, 7) is 4.47. The molecule has 2 aromatic rings. The molecule has 2 rings (SSSR count). The molecule has 0 bridgehead atoms. The largest absolute Gasteiger partial charge is 0.451 e. The molecule has 0 radical (unpaired) electrons. The lowest BCUT2D eigenvalue weighted by Crippen LogP contribution is -2.22. The van der Waals surface area contributed by atoms with E-state index in [0.717, 1.165) is 18.5 Å². The summed E-state index contributed by atoms with van der Waals surface area (Å²) in [4.78, 5) is 11.9. The molecule has 20 heavy (non-hydrogen) atoms. The number of aryl methyl sites for hydroxylation is 1. The lowest BCUT2D eigenvalue weighted by molar-refractivity contribution is -0.144. The Hall–Kier alpha value is -1.79. The molecule has 0 aliphatic rings. The predicted molar refractivity (Wildman–Crippen MR) is 71.8 cm³/mol. The van der Waals surface area contributed by atoms with E-state index in [4.69, 9.17) is 0 Å². The molecule has 0 aliphatic heterocycles. The van der Waals surface area contributed by atoms with E-state index in [9.17, 15) is 13.2 Å². The van der Waals surface area contributed by atoms with Crippen molar-refractivity contribution in [3.05, 3.63) is 17.6 Å². The fraction of sp³-hybridized carbons (Fsp3) is 0.538. The third-order valence-electron chi connectivity index (χ3n) is 3.06. The summed E-state index contributed by atoms with van der Waals surface area (Å²) in [6, 6.07) is 1.77. The van der Waals surface area contributed by atoms with E-state index in [1.165, 1.54) is 0 Å². The van der Waals surface area contributed by atoms with Crippen LogP contribution in [0.5, 0.6) is 0 Å². The van der Waals surface area contributed by atoms with Crippen molar-refractivity contribution >= 4 is 16.9 Å². The first kappa shape index (κ1) is 14.6. The van der Waals surface area contributed by atoms with Gasteiger partial charge in [-0.05, 0) is 19.4 Å². The van der Waals surface area contributed by atoms with Gasteiger partial charge in [0.25, 0.3) is 0 Å². The van der Waals surface area contributed by atoms with E-state index >= 15 is 0 Å². The molecule has 0 aliphatic carbocycles. The molecular formula is C13H17F3N4. The molecule has 0 unspecified atom stereocenters. The smallest absolute Gasteiger partial charge is 0.359 e. The Morgan fingerprint density at radius 3 is 2.60 bits per heavy atom. The average Bonchev–Trinajstić information content (AvgIpc) is 2.73. The van der Waals surface area contributed by atoms with E-state index in [2.05, 4.69) is 15.0 Å². The highest BCUT2D eigenvalue weighted by Crippen LogP contribution is 2.31. The van der Waals surface area contributed by atoms with Crippen molar-refractivity contribution in [2.45, 2.75) is 32.9 Å². The lowest BCUT2D eigenvalue weighted by Gasteiger charge is -2.19. The Balaban J connectivity index is 2.54. The van der Waals surface area contributed by atoms with Gasteiger partial charge in [0.1, 0.15) is 11.5 Å². The van der Waals surface area contributed by atoms with E-state index < -0.39 is 12.0 Å². The summed E-state index contributed by atoms with van der Waals surface area (Å²) < 4.78 is 38.6. The van der Waals surface area contributed by atoms with E-state index in [1.54, 1.807) is 24.9 Å². The van der Waals surface area contributed by atoms with Crippen molar-refractivity contribution < 1.29 is 13.2 Å². The minimum atomic E-state index is -4.55. The Morgan fingerprint density at radius 2 is 2.00 bits per heavy atom. The van der Waals surface area contributed by atoms with Gasteiger partial charge in [0.15, 0.2) is 0 Å². The zero-order valence-electron chi connectivity index (χ0n) is 11.7. The second kappa shape index (κ2) is 5.30. The Kier molecular flexibility index (Phi) is 3.87. The number of anilines is 1. The third-order valence-corrected chi connectivity index (χ3v) is 3.06. The molecule has 0 aromatic carbocycles. The van der Waals surface area contributed by atoms with Crippen LogP contribution < -0.4 is 4.90 Å². The van der Waals surface area contributed by atoms with Crippen molar-refractivity contribution in [2.75, 3.05) is 18.5 Å². The van der Waals surface area contributed by atoms with Gasteiger partial charge in [0, 0.05) is 19.3 Å². The molecule has 2 heterocycles. The number of hydrogen-bond donors (Lipinski definition) is 1. The fourth-order valence-corrected chi connectivity index (χ4v) is 2.04. The highest BCUT2D eigenvalue weighted by atomic mass is 19.4. The number of nitrogens with one attached hydrogen (secondary N) is 1. The van der Waals surface area contributed by atoms with Gasteiger partial charge in [-0.15, -0.1) is 0 Å². The maximum absolute atomic E-state index is 12.9. The van der Waals surface area contributed by atoms with Crippen molar-refractivity contribution in [1.82, 2.24) is 15.0 Å². The standard InChI is InChI=1S/C13H17F3N4/c1-4-5-6-20(3)11-9-7-8(2)17-10(9)18-12(19-11)13(14,15)16/h7H,4-6H2,1-3H3,(H,17,18,19). The number of unbranched alkanes of at least 4 members (excludes halogenated alkanes) is 1. The molecule has 110 valence electrons. The minimum absolute atomic E-state index is 0.225. The first-order chi connectivity index (χ1) is 9.32. The SMILES string of the molecule is CCCCN(C)c1nc(C(F)(F)F)nc2[nH]c(C)cc12. The van der Waals surface area contributed by atoms with Crippen molar-refractivity contribution in [3.8, 4) is 0 Å². The molecule has 1 N–H and O–H groups in total. The fourth-order valence-electron chi connectivity index (χ4n) is 2.04. The lowest BCUT2D eigenvalue weighted by atomic mass is 10.3. The monoisotopic (exact) mass is 286 g/mol. The predicted octanol–water partition coefficient (Wildman–Crippen LogP) is 3.52. The number of halogens is 3. The van der Waals surface area contributed by atoms with Crippen LogP contribution in [0.4, 0.5) is 19.0 Å². The minimum Gasteiger partial charge on any atom is -0.359 e. The molecule has 0 saturated heterocycles. The highest BCUT2D eigenvalue weighted by Gasteiger charge is 2.36. The second-order valence-electron chi connectivity index (χ2n) is 4.86. The molecule has 0 amide bonds. The number of nitrogens with zero attached hydrogens (tertiary/aromatic N) is 3. The molecule has 4 nitrogen and oxygen atoms in total. The van der Waals surface area contributed by atoms with Gasteiger partial charge in [-0.2, -0.15) is 13.2 Å². The van der Waals surface area contributed by atoms with E-state index in [1.807, 2.05) is 6.92 Å². The Morgan fingerprint density at radius 1 is 1.30 bits per heavy atom. The van der Waals surface area contributed by atoms with Crippen molar-refractivity contribution in [1.29, 1.82) is 0 Å². The average molecular weight is 286 g/mol. The molecule has 2 aromatic heterocycles. The number of aromatic amines is 1. The van der Waals surface area contributed by atoms with E-state index in [-0.39, 0.29) is 5.65 Å². The Bertz CT molecular complexity index is 603. The molecule has 0 atom stereocenters. The molecular weight excluding hydrogens is 269 g/mol. The number of rotatable bonds is 4. The summed E-state index contributed by atoms with van der Waals surface area (Å²) in [5, 5.41) is 0.620. The number of H-pyrrole nitrogens is 1. The quantitative estimate of drug-likeness (QED) is 0.935. The Labute approximate surface area is 115 Å². The van der Waals surface area contributed by atoms with Crippen LogP contribution in [0.2, 0.25) is 0 Å². The van der Waals surface area contributed by atoms with Crippen molar-refractivity contribution in [2.24, 2.45) is 0 Å². The van der Waals surface area contributed by atoms with Gasteiger partial charge >= 0.3 is 6.18 Å². The van der Waals surface area contributed by atoms with Crippen LogP contribution in [0.1, 0.15) is 31.3 Å². The summed E-state index contributed by atoms with van der Waals surface area (Å²) in [5.41, 5.74) is 0.988. The highest BCUT2D eigenvalue weighted by molar-refractivity contribution is 5.88. The van der Waals surface area contributed by atoms with Gasteiger partial charge in [-0.25, -0.2) is 9.97 Å². The van der Waals surface area contributed by atoms with Crippen LogP contribution in [0.25, 0.3) is 11.0 Å². The summed E-state index contributed by atoms with van der Waals surface area (Å²) in [6.07, 6.45) is -2.68. The normalized spacial score (nSPS) is 12.1. The first-order valence-electron chi connectivity index (χ1n) is 6.48. The third kappa shape index (κ3) is 2.86. The van der Waals surface area contributed by atoms with Gasteiger partial charge in [-0.3, -0.25) is 0 Å². The van der Waals surface area contributed by atoms with Crippen LogP contribution in [0.3, 0.4) is 0 Å².